The fourth-order valence-electron chi connectivity index (χ4n) is 2.77. The Morgan fingerprint density at radius 3 is 2.77 bits per heavy atom. The maximum Gasteiger partial charge on any atom is 0.238 e. The molecule has 0 aliphatic carbocycles. The first-order valence-corrected chi connectivity index (χ1v) is 8.27. The Labute approximate surface area is 136 Å². The number of carbonyl (C=O) groups excluding carboxylic acids is 1. The molecule has 3 N–H and O–H groups in total. The fourth-order valence-corrected chi connectivity index (χ4v) is 4.21. The minimum atomic E-state index is -1.17. The predicted molar refractivity (Wildman–Crippen MR) is 82.9 cm³/mol. The molecule has 22 heavy (non-hydrogen) atoms. The number of halogens is 1. The summed E-state index contributed by atoms with van der Waals surface area (Å²) in [5, 5.41) is 29.3. The quantitative estimate of drug-likeness (QED) is 0.726. The van der Waals surface area contributed by atoms with Crippen molar-refractivity contribution in [1.29, 1.82) is 0 Å². The van der Waals surface area contributed by atoms with E-state index in [2.05, 4.69) is 0 Å². The van der Waals surface area contributed by atoms with Crippen molar-refractivity contribution >= 4 is 35.0 Å². The number of nitrogens with zero attached hydrogens (tertiary/aromatic N) is 1. The highest BCUT2D eigenvalue weighted by molar-refractivity contribution is 8.01. The van der Waals surface area contributed by atoms with Crippen molar-refractivity contribution in [2.24, 2.45) is 0 Å². The van der Waals surface area contributed by atoms with Crippen LogP contribution in [0.25, 0.3) is 0 Å². The van der Waals surface area contributed by atoms with E-state index in [1.807, 2.05) is 0 Å². The molecule has 0 aromatic heterocycles. The molecule has 1 aromatic rings. The number of aliphatic hydroxyl groups excluding tert-OH is 3. The predicted octanol–water partition coefficient (Wildman–Crippen LogP) is 0.227. The Morgan fingerprint density at radius 1 is 1.36 bits per heavy atom. The number of aliphatic hydroxyl groups is 3. The molecule has 2 aliphatic rings. The largest absolute Gasteiger partial charge is 0.394 e. The van der Waals surface area contributed by atoms with E-state index in [4.69, 9.17) is 16.3 Å². The van der Waals surface area contributed by atoms with Crippen LogP contribution < -0.4 is 4.90 Å². The summed E-state index contributed by atoms with van der Waals surface area (Å²) in [7, 11) is 0. The van der Waals surface area contributed by atoms with Gasteiger partial charge in [-0.2, -0.15) is 0 Å². The minimum Gasteiger partial charge on any atom is -0.394 e. The van der Waals surface area contributed by atoms with Gasteiger partial charge >= 0.3 is 0 Å². The second-order valence-corrected chi connectivity index (χ2v) is 6.79. The first kappa shape index (κ1) is 16.0. The van der Waals surface area contributed by atoms with Crippen LogP contribution in [-0.2, 0) is 9.53 Å². The Morgan fingerprint density at radius 2 is 2.14 bits per heavy atom. The summed E-state index contributed by atoms with van der Waals surface area (Å²) < 4.78 is 5.55. The van der Waals surface area contributed by atoms with Crippen molar-refractivity contribution in [2.75, 3.05) is 17.3 Å². The van der Waals surface area contributed by atoms with E-state index < -0.39 is 36.4 Å². The van der Waals surface area contributed by atoms with Crippen LogP contribution in [0, 0.1) is 0 Å². The molecule has 0 saturated carbocycles. The summed E-state index contributed by atoms with van der Waals surface area (Å²) in [6.45, 7) is -0.392. The fraction of sp³-hybridized carbons (Fsp3) is 0.500. The van der Waals surface area contributed by atoms with Crippen LogP contribution in [0.2, 0.25) is 5.02 Å². The summed E-state index contributed by atoms with van der Waals surface area (Å²) in [5.41, 5.74) is 0.616. The van der Waals surface area contributed by atoms with Crippen molar-refractivity contribution in [2.45, 2.75) is 29.8 Å². The number of ether oxygens (including phenoxy) is 1. The Kier molecular flexibility index (Phi) is 4.63. The summed E-state index contributed by atoms with van der Waals surface area (Å²) in [4.78, 5) is 13.7. The molecule has 5 atom stereocenters. The Bertz CT molecular complexity index is 574. The summed E-state index contributed by atoms with van der Waals surface area (Å²) in [6.07, 6.45) is -3.96. The first-order chi connectivity index (χ1) is 10.5. The normalized spacial score (nSPS) is 35.4. The molecule has 3 rings (SSSR count). The molecule has 0 bridgehead atoms. The van der Waals surface area contributed by atoms with Crippen LogP contribution in [0.3, 0.4) is 0 Å². The topological polar surface area (TPSA) is 90.2 Å². The lowest BCUT2D eigenvalue weighted by molar-refractivity contribution is -0.116. The number of hydrogen-bond acceptors (Lipinski definition) is 6. The van der Waals surface area contributed by atoms with E-state index in [9.17, 15) is 20.1 Å². The molecule has 2 fully saturated rings. The van der Waals surface area contributed by atoms with Gasteiger partial charge in [0.15, 0.2) is 0 Å². The van der Waals surface area contributed by atoms with E-state index >= 15 is 0 Å². The molecule has 1 amide bonds. The molecule has 120 valence electrons. The molecule has 0 unspecified atom stereocenters. The second-order valence-electron chi connectivity index (χ2n) is 5.25. The first-order valence-electron chi connectivity index (χ1n) is 6.84. The Hall–Kier alpha value is -0.830. The van der Waals surface area contributed by atoms with Crippen LogP contribution in [0.15, 0.2) is 24.3 Å². The lowest BCUT2D eigenvalue weighted by Gasteiger charge is -2.30. The number of hydrogen-bond donors (Lipinski definition) is 3. The highest BCUT2D eigenvalue weighted by Gasteiger charge is 2.50. The van der Waals surface area contributed by atoms with Crippen molar-refractivity contribution in [1.82, 2.24) is 0 Å². The van der Waals surface area contributed by atoms with E-state index in [0.717, 1.165) is 0 Å². The van der Waals surface area contributed by atoms with E-state index in [1.165, 1.54) is 16.7 Å². The zero-order valence-electron chi connectivity index (χ0n) is 11.5. The zero-order chi connectivity index (χ0) is 15.9. The van der Waals surface area contributed by atoms with Crippen molar-refractivity contribution in [3.8, 4) is 0 Å². The second kappa shape index (κ2) is 6.35. The van der Waals surface area contributed by atoms with E-state index in [-0.39, 0.29) is 11.7 Å². The van der Waals surface area contributed by atoms with Crippen LogP contribution in [0.4, 0.5) is 5.69 Å². The van der Waals surface area contributed by atoms with Gasteiger partial charge in [0.25, 0.3) is 0 Å². The van der Waals surface area contributed by atoms with Gasteiger partial charge in [-0.25, -0.2) is 0 Å². The van der Waals surface area contributed by atoms with Gasteiger partial charge in [0.05, 0.1) is 12.4 Å². The molecule has 0 spiro atoms. The average Bonchev–Trinajstić information content (AvgIpc) is 3.01. The van der Waals surface area contributed by atoms with E-state index in [1.54, 1.807) is 24.3 Å². The maximum absolute atomic E-state index is 12.2. The maximum atomic E-state index is 12.2. The van der Waals surface area contributed by atoms with Gasteiger partial charge in [-0.15, -0.1) is 11.8 Å². The third-order valence-electron chi connectivity index (χ3n) is 3.85. The minimum absolute atomic E-state index is 0.116. The number of amides is 1. The molecule has 2 aliphatic heterocycles. The van der Waals surface area contributed by atoms with Crippen LogP contribution in [0.1, 0.15) is 0 Å². The van der Waals surface area contributed by atoms with Gasteiger partial charge in [0.1, 0.15) is 29.8 Å². The highest BCUT2D eigenvalue weighted by atomic mass is 35.5. The van der Waals surface area contributed by atoms with Gasteiger partial charge in [-0.05, 0) is 18.2 Å². The van der Waals surface area contributed by atoms with E-state index in [0.29, 0.717) is 10.7 Å². The third-order valence-corrected chi connectivity index (χ3v) is 5.32. The number of rotatable bonds is 3. The van der Waals surface area contributed by atoms with Gasteiger partial charge in [0.2, 0.25) is 5.91 Å². The van der Waals surface area contributed by atoms with Gasteiger partial charge in [0, 0.05) is 10.7 Å². The number of thioether (sulfide) groups is 1. The third kappa shape index (κ3) is 2.73. The highest BCUT2D eigenvalue weighted by Crippen LogP contribution is 2.38. The van der Waals surface area contributed by atoms with Gasteiger partial charge in [-0.1, -0.05) is 17.7 Å². The molecule has 2 heterocycles. The van der Waals surface area contributed by atoms with Crippen LogP contribution >= 0.6 is 23.4 Å². The number of carbonyl (C=O) groups is 1. The van der Waals surface area contributed by atoms with Crippen molar-refractivity contribution in [3.05, 3.63) is 29.3 Å². The average molecular weight is 346 g/mol. The summed E-state index contributed by atoms with van der Waals surface area (Å²) in [6, 6.07) is 6.87. The number of benzene rings is 1. The molecule has 1 aromatic carbocycles. The van der Waals surface area contributed by atoms with Crippen molar-refractivity contribution < 1.29 is 24.9 Å². The van der Waals surface area contributed by atoms with Crippen LogP contribution in [0.5, 0.6) is 0 Å². The van der Waals surface area contributed by atoms with Gasteiger partial charge in [-0.3, -0.25) is 9.69 Å². The zero-order valence-corrected chi connectivity index (χ0v) is 13.1. The van der Waals surface area contributed by atoms with Crippen LogP contribution in [-0.4, -0.2) is 63.4 Å². The van der Waals surface area contributed by atoms with Crippen molar-refractivity contribution in [3.63, 3.8) is 0 Å². The Balaban J connectivity index is 1.88. The molecule has 2 saturated heterocycles. The molecule has 6 nitrogen and oxygen atoms in total. The monoisotopic (exact) mass is 345 g/mol. The molecular formula is C14H16ClNO5S. The number of anilines is 1. The summed E-state index contributed by atoms with van der Waals surface area (Å²) >= 11 is 7.31. The lowest BCUT2D eigenvalue weighted by Crippen LogP contribution is -2.46. The lowest BCUT2D eigenvalue weighted by atomic mass is 10.1. The molecular weight excluding hydrogens is 330 g/mol. The SMILES string of the molecule is O=C1CS[C@H]([C@H]2O[C@H](CO)[C@@H](O)[C@@H]2O)N1c1cccc(Cl)c1. The smallest absolute Gasteiger partial charge is 0.238 e. The molecule has 8 heteroatoms. The molecule has 0 radical (unpaired) electrons. The summed E-state index contributed by atoms with van der Waals surface area (Å²) in [5.74, 6) is 0.138. The standard InChI is InChI=1S/C14H16ClNO5S/c15-7-2-1-3-8(4-7)16-10(18)6-22-14(16)13-12(20)11(19)9(5-17)21-13/h1-4,9,11-14,17,19-20H,5-6H2/t9-,11-,12+,13+,14-/m1/s1. The van der Waals surface area contributed by atoms with Gasteiger partial charge < -0.3 is 20.1 Å².